The van der Waals surface area contributed by atoms with Gasteiger partial charge in [0.15, 0.2) is 11.5 Å². The Kier molecular flexibility index (Phi) is 4.96. The maximum absolute atomic E-state index is 12.0. The Morgan fingerprint density at radius 1 is 1.15 bits per heavy atom. The van der Waals surface area contributed by atoms with Crippen LogP contribution in [0.15, 0.2) is 48.5 Å². The summed E-state index contributed by atoms with van der Waals surface area (Å²) >= 11 is 0. The first-order valence-electron chi connectivity index (χ1n) is 9.24. The van der Waals surface area contributed by atoms with E-state index in [1.165, 1.54) is 0 Å². The van der Waals surface area contributed by atoms with Crippen LogP contribution in [-0.2, 0) is 17.9 Å². The first-order valence-corrected chi connectivity index (χ1v) is 9.24. The van der Waals surface area contributed by atoms with E-state index in [9.17, 15) is 4.79 Å². The number of benzene rings is 2. The summed E-state index contributed by atoms with van der Waals surface area (Å²) in [6.07, 6.45) is 1.99. The van der Waals surface area contributed by atoms with E-state index in [1.807, 2.05) is 48.5 Å². The van der Waals surface area contributed by atoms with Crippen LogP contribution in [0.1, 0.15) is 18.7 Å². The average Bonchev–Trinajstić information content (AvgIpc) is 3.49. The zero-order chi connectivity index (χ0) is 18.6. The van der Waals surface area contributed by atoms with Crippen molar-refractivity contribution in [2.24, 2.45) is 5.92 Å². The zero-order valence-electron chi connectivity index (χ0n) is 15.4. The predicted octanol–water partition coefficient (Wildman–Crippen LogP) is 3.15. The van der Waals surface area contributed by atoms with Crippen LogP contribution in [-0.4, -0.2) is 29.2 Å². The van der Waals surface area contributed by atoms with E-state index >= 15 is 0 Å². The van der Waals surface area contributed by atoms with E-state index in [1.54, 1.807) is 7.11 Å². The summed E-state index contributed by atoms with van der Waals surface area (Å²) < 4.78 is 13.4. The molecule has 0 unspecified atom stereocenters. The summed E-state index contributed by atoms with van der Waals surface area (Å²) in [7, 11) is 1.63. The Hall–Kier alpha value is -3.02. The van der Waals surface area contributed by atoms with Crippen LogP contribution >= 0.6 is 0 Å². The number of nitrogens with zero attached hydrogens (tertiary/aromatic N) is 2. The highest BCUT2D eigenvalue weighted by atomic mass is 16.5. The van der Waals surface area contributed by atoms with Crippen molar-refractivity contribution in [1.82, 2.24) is 14.9 Å². The minimum absolute atomic E-state index is 0.124. The summed E-state index contributed by atoms with van der Waals surface area (Å²) in [6.45, 7) is 1.54. The molecule has 1 heterocycles. The third-order valence-corrected chi connectivity index (χ3v) is 4.74. The molecule has 0 bridgehead atoms. The quantitative estimate of drug-likeness (QED) is 0.666. The van der Waals surface area contributed by atoms with Gasteiger partial charge >= 0.3 is 0 Å². The standard InChI is InChI=1S/C21H23N3O3/c1-26-18-8-4-5-9-19(18)27-13-12-24-17-7-3-2-6-16(17)23-20(24)14-22-21(25)15-10-11-15/h2-9,15H,10-14H2,1H3,(H,22,25). The van der Waals surface area contributed by atoms with Gasteiger partial charge < -0.3 is 19.4 Å². The van der Waals surface area contributed by atoms with Crippen LogP contribution in [0, 0.1) is 5.92 Å². The Morgan fingerprint density at radius 3 is 2.67 bits per heavy atom. The maximum Gasteiger partial charge on any atom is 0.223 e. The summed E-state index contributed by atoms with van der Waals surface area (Å²) in [5.74, 6) is 2.59. The van der Waals surface area contributed by atoms with Crippen LogP contribution in [0.4, 0.5) is 0 Å². The lowest BCUT2D eigenvalue weighted by atomic mass is 10.3. The minimum atomic E-state index is 0.124. The Morgan fingerprint density at radius 2 is 1.89 bits per heavy atom. The lowest BCUT2D eigenvalue weighted by molar-refractivity contribution is -0.122. The van der Waals surface area contributed by atoms with E-state index in [4.69, 9.17) is 14.5 Å². The van der Waals surface area contributed by atoms with Crippen molar-refractivity contribution >= 4 is 16.9 Å². The molecule has 1 fully saturated rings. The van der Waals surface area contributed by atoms with Gasteiger partial charge in [0.2, 0.25) is 5.91 Å². The number of carbonyl (C=O) groups is 1. The van der Waals surface area contributed by atoms with Gasteiger partial charge in [-0.15, -0.1) is 0 Å². The number of para-hydroxylation sites is 4. The second-order valence-electron chi connectivity index (χ2n) is 6.66. The van der Waals surface area contributed by atoms with Crippen LogP contribution in [0.25, 0.3) is 11.0 Å². The van der Waals surface area contributed by atoms with Crippen LogP contribution in [0.2, 0.25) is 0 Å². The first kappa shape index (κ1) is 17.4. The Labute approximate surface area is 158 Å². The molecule has 0 saturated heterocycles. The fourth-order valence-electron chi connectivity index (χ4n) is 3.15. The fourth-order valence-corrected chi connectivity index (χ4v) is 3.15. The average molecular weight is 365 g/mol. The summed E-state index contributed by atoms with van der Waals surface area (Å²) in [4.78, 5) is 16.7. The number of nitrogens with one attached hydrogen (secondary N) is 1. The molecule has 0 radical (unpaired) electrons. The van der Waals surface area contributed by atoms with Crippen LogP contribution in [0.3, 0.4) is 0 Å². The lowest BCUT2D eigenvalue weighted by Crippen LogP contribution is -2.26. The van der Waals surface area contributed by atoms with E-state index in [-0.39, 0.29) is 11.8 Å². The summed E-state index contributed by atoms with van der Waals surface area (Å²) in [5.41, 5.74) is 1.96. The predicted molar refractivity (Wildman–Crippen MR) is 103 cm³/mol. The van der Waals surface area contributed by atoms with Gasteiger partial charge in [0.25, 0.3) is 0 Å². The van der Waals surface area contributed by atoms with Gasteiger partial charge in [-0.05, 0) is 37.1 Å². The molecule has 3 aromatic rings. The zero-order valence-corrected chi connectivity index (χ0v) is 15.4. The summed E-state index contributed by atoms with van der Waals surface area (Å²) in [6, 6.07) is 15.6. The third-order valence-electron chi connectivity index (χ3n) is 4.74. The van der Waals surface area contributed by atoms with Crippen LogP contribution in [0.5, 0.6) is 11.5 Å². The van der Waals surface area contributed by atoms with Crippen molar-refractivity contribution in [3.8, 4) is 11.5 Å². The molecule has 0 atom stereocenters. The minimum Gasteiger partial charge on any atom is -0.493 e. The molecule has 1 N–H and O–H groups in total. The molecule has 1 amide bonds. The highest BCUT2D eigenvalue weighted by Gasteiger charge is 2.29. The van der Waals surface area contributed by atoms with Gasteiger partial charge in [-0.2, -0.15) is 0 Å². The molecule has 4 rings (SSSR count). The van der Waals surface area contributed by atoms with Gasteiger partial charge in [-0.1, -0.05) is 24.3 Å². The van der Waals surface area contributed by atoms with Crippen molar-refractivity contribution in [3.63, 3.8) is 0 Å². The van der Waals surface area contributed by atoms with Crippen molar-refractivity contribution in [2.75, 3.05) is 13.7 Å². The molecule has 2 aromatic carbocycles. The van der Waals surface area contributed by atoms with E-state index < -0.39 is 0 Å². The molecular weight excluding hydrogens is 342 g/mol. The topological polar surface area (TPSA) is 65.4 Å². The second kappa shape index (κ2) is 7.70. The molecule has 0 aliphatic heterocycles. The highest BCUT2D eigenvalue weighted by molar-refractivity contribution is 5.81. The number of amides is 1. The number of hydrogen-bond acceptors (Lipinski definition) is 4. The molecule has 1 aromatic heterocycles. The van der Waals surface area contributed by atoms with Gasteiger partial charge in [0, 0.05) is 5.92 Å². The second-order valence-corrected chi connectivity index (χ2v) is 6.66. The fraction of sp³-hybridized carbons (Fsp3) is 0.333. The Bertz CT molecular complexity index is 947. The number of aromatic nitrogens is 2. The highest BCUT2D eigenvalue weighted by Crippen LogP contribution is 2.29. The van der Waals surface area contributed by atoms with Gasteiger partial charge in [0.1, 0.15) is 12.4 Å². The molecule has 140 valence electrons. The molecule has 27 heavy (non-hydrogen) atoms. The maximum atomic E-state index is 12.0. The SMILES string of the molecule is COc1ccccc1OCCn1c(CNC(=O)C2CC2)nc2ccccc21. The molecule has 1 aliphatic rings. The number of fused-ring (bicyclic) bond motifs is 1. The number of carbonyl (C=O) groups excluding carboxylic acids is 1. The Balaban J connectivity index is 1.48. The summed E-state index contributed by atoms with van der Waals surface area (Å²) in [5, 5.41) is 3.01. The van der Waals surface area contributed by atoms with Crippen molar-refractivity contribution in [1.29, 1.82) is 0 Å². The number of hydrogen-bond donors (Lipinski definition) is 1. The lowest BCUT2D eigenvalue weighted by Gasteiger charge is -2.13. The van der Waals surface area contributed by atoms with Gasteiger partial charge in [0.05, 0.1) is 31.2 Å². The normalized spacial score (nSPS) is 13.5. The molecule has 1 saturated carbocycles. The number of methoxy groups -OCH3 is 1. The third kappa shape index (κ3) is 3.89. The van der Waals surface area contributed by atoms with Crippen molar-refractivity contribution in [2.45, 2.75) is 25.9 Å². The first-order chi connectivity index (χ1) is 13.3. The van der Waals surface area contributed by atoms with E-state index in [2.05, 4.69) is 9.88 Å². The smallest absolute Gasteiger partial charge is 0.223 e. The van der Waals surface area contributed by atoms with Crippen LogP contribution < -0.4 is 14.8 Å². The monoisotopic (exact) mass is 365 g/mol. The number of imidazole rings is 1. The van der Waals surface area contributed by atoms with Gasteiger partial charge in [-0.3, -0.25) is 4.79 Å². The molecule has 6 heteroatoms. The van der Waals surface area contributed by atoms with E-state index in [0.717, 1.165) is 29.7 Å². The van der Waals surface area contributed by atoms with E-state index in [0.29, 0.717) is 31.2 Å². The molecule has 1 aliphatic carbocycles. The van der Waals surface area contributed by atoms with Crippen molar-refractivity contribution in [3.05, 3.63) is 54.4 Å². The molecule has 0 spiro atoms. The number of rotatable bonds is 8. The van der Waals surface area contributed by atoms with Crippen molar-refractivity contribution < 1.29 is 14.3 Å². The largest absolute Gasteiger partial charge is 0.493 e. The number of ether oxygens (including phenoxy) is 2. The molecular formula is C21H23N3O3. The van der Waals surface area contributed by atoms with Gasteiger partial charge in [-0.25, -0.2) is 4.98 Å². The molecule has 6 nitrogen and oxygen atoms in total.